The first-order valence-corrected chi connectivity index (χ1v) is 6.52. The van der Waals surface area contributed by atoms with Crippen molar-refractivity contribution in [3.63, 3.8) is 0 Å². The van der Waals surface area contributed by atoms with E-state index in [1.165, 1.54) is 0 Å². The Balaban J connectivity index is 3.64. The molecule has 0 aromatic rings. The van der Waals surface area contributed by atoms with Crippen LogP contribution >= 0.6 is 0 Å². The standard InChI is InChI=1S/C13H28N2O2/c1-5-13(4,10-14)12(16)15-7-6-8-17-9-11(2)3/h11H,5-10,14H2,1-4H3,(H,15,16). The van der Waals surface area contributed by atoms with E-state index in [1.54, 1.807) is 0 Å². The van der Waals surface area contributed by atoms with E-state index in [0.29, 0.717) is 25.6 Å². The van der Waals surface area contributed by atoms with E-state index in [-0.39, 0.29) is 5.91 Å². The fraction of sp³-hybridized carbons (Fsp3) is 0.923. The third-order valence-corrected chi connectivity index (χ3v) is 2.98. The van der Waals surface area contributed by atoms with E-state index in [4.69, 9.17) is 10.5 Å². The third kappa shape index (κ3) is 6.64. The van der Waals surface area contributed by atoms with Gasteiger partial charge in [0.2, 0.25) is 5.91 Å². The summed E-state index contributed by atoms with van der Waals surface area (Å²) in [5.41, 5.74) is 5.19. The van der Waals surface area contributed by atoms with E-state index >= 15 is 0 Å². The second-order valence-electron chi connectivity index (χ2n) is 5.20. The Morgan fingerprint density at radius 3 is 2.59 bits per heavy atom. The number of hydrogen-bond acceptors (Lipinski definition) is 3. The molecule has 1 amide bonds. The number of nitrogens with one attached hydrogen (secondary N) is 1. The molecule has 0 saturated carbocycles. The van der Waals surface area contributed by atoms with Gasteiger partial charge in [0.25, 0.3) is 0 Å². The number of hydrogen-bond donors (Lipinski definition) is 2. The molecule has 0 spiro atoms. The highest BCUT2D eigenvalue weighted by Gasteiger charge is 2.28. The molecule has 0 radical (unpaired) electrons. The molecule has 0 aliphatic rings. The van der Waals surface area contributed by atoms with Crippen molar-refractivity contribution in [2.45, 2.75) is 40.5 Å². The zero-order valence-electron chi connectivity index (χ0n) is 11.7. The lowest BCUT2D eigenvalue weighted by Crippen LogP contribution is -2.43. The topological polar surface area (TPSA) is 64.4 Å². The third-order valence-electron chi connectivity index (χ3n) is 2.98. The first kappa shape index (κ1) is 16.4. The van der Waals surface area contributed by atoms with Crippen LogP contribution in [0.5, 0.6) is 0 Å². The number of amides is 1. The molecule has 0 saturated heterocycles. The molecule has 0 heterocycles. The molecule has 0 fully saturated rings. The smallest absolute Gasteiger partial charge is 0.227 e. The molecule has 0 aromatic heterocycles. The van der Waals surface area contributed by atoms with Crippen LogP contribution in [-0.2, 0) is 9.53 Å². The van der Waals surface area contributed by atoms with Gasteiger partial charge in [-0.3, -0.25) is 4.79 Å². The Labute approximate surface area is 105 Å². The largest absolute Gasteiger partial charge is 0.381 e. The van der Waals surface area contributed by atoms with E-state index in [1.807, 2.05) is 13.8 Å². The van der Waals surface area contributed by atoms with Gasteiger partial charge in [0.1, 0.15) is 0 Å². The zero-order chi connectivity index (χ0) is 13.3. The predicted molar refractivity (Wildman–Crippen MR) is 70.7 cm³/mol. The zero-order valence-corrected chi connectivity index (χ0v) is 11.7. The molecule has 0 aliphatic carbocycles. The van der Waals surface area contributed by atoms with Crippen molar-refractivity contribution in [1.82, 2.24) is 5.32 Å². The molecule has 17 heavy (non-hydrogen) atoms. The van der Waals surface area contributed by atoms with Crippen LogP contribution in [0.3, 0.4) is 0 Å². The minimum Gasteiger partial charge on any atom is -0.381 e. The summed E-state index contributed by atoms with van der Waals surface area (Å²) in [6, 6.07) is 0. The van der Waals surface area contributed by atoms with Gasteiger partial charge in [-0.15, -0.1) is 0 Å². The van der Waals surface area contributed by atoms with Crippen LogP contribution < -0.4 is 11.1 Å². The monoisotopic (exact) mass is 244 g/mol. The van der Waals surface area contributed by atoms with Gasteiger partial charge in [-0.1, -0.05) is 20.8 Å². The molecule has 3 N–H and O–H groups in total. The van der Waals surface area contributed by atoms with Crippen LogP contribution in [0.4, 0.5) is 0 Å². The van der Waals surface area contributed by atoms with Gasteiger partial charge in [0.15, 0.2) is 0 Å². The van der Waals surface area contributed by atoms with Gasteiger partial charge >= 0.3 is 0 Å². The van der Waals surface area contributed by atoms with E-state index in [2.05, 4.69) is 19.2 Å². The van der Waals surface area contributed by atoms with E-state index in [9.17, 15) is 4.79 Å². The second kappa shape index (κ2) is 8.48. The maximum absolute atomic E-state index is 11.8. The first-order chi connectivity index (χ1) is 7.96. The van der Waals surface area contributed by atoms with Gasteiger partial charge in [-0.25, -0.2) is 0 Å². The van der Waals surface area contributed by atoms with Crippen molar-refractivity contribution < 1.29 is 9.53 Å². The summed E-state index contributed by atoms with van der Waals surface area (Å²) < 4.78 is 5.44. The molecule has 1 atom stereocenters. The summed E-state index contributed by atoms with van der Waals surface area (Å²) in [6.45, 7) is 10.7. The summed E-state index contributed by atoms with van der Waals surface area (Å²) in [7, 11) is 0. The maximum Gasteiger partial charge on any atom is 0.227 e. The summed E-state index contributed by atoms with van der Waals surface area (Å²) in [6.07, 6.45) is 1.61. The highest BCUT2D eigenvalue weighted by Crippen LogP contribution is 2.18. The summed E-state index contributed by atoms with van der Waals surface area (Å²) in [5.74, 6) is 0.608. The molecular formula is C13H28N2O2. The molecule has 0 rings (SSSR count). The average Bonchev–Trinajstić information content (AvgIpc) is 2.31. The SMILES string of the molecule is CCC(C)(CN)C(=O)NCCCOCC(C)C. The quantitative estimate of drug-likeness (QED) is 0.605. The molecular weight excluding hydrogens is 216 g/mol. The van der Waals surface area contributed by atoms with Crippen molar-refractivity contribution in [2.24, 2.45) is 17.1 Å². The maximum atomic E-state index is 11.8. The number of ether oxygens (including phenoxy) is 1. The van der Waals surface area contributed by atoms with Gasteiger partial charge in [0.05, 0.1) is 5.41 Å². The molecule has 1 unspecified atom stereocenters. The van der Waals surface area contributed by atoms with Crippen molar-refractivity contribution in [3.8, 4) is 0 Å². The van der Waals surface area contributed by atoms with Gasteiger partial charge in [-0.05, 0) is 25.7 Å². The average molecular weight is 244 g/mol. The highest BCUT2D eigenvalue weighted by molar-refractivity contribution is 5.82. The molecule has 0 aliphatic heterocycles. The Bertz CT molecular complexity index is 213. The molecule has 0 aromatic carbocycles. The molecule has 102 valence electrons. The van der Waals surface area contributed by atoms with Crippen LogP contribution in [0.1, 0.15) is 40.5 Å². The lowest BCUT2D eigenvalue weighted by molar-refractivity contribution is -0.129. The number of rotatable bonds is 9. The second-order valence-corrected chi connectivity index (χ2v) is 5.20. The Hall–Kier alpha value is -0.610. The first-order valence-electron chi connectivity index (χ1n) is 6.52. The number of carbonyl (C=O) groups excluding carboxylic acids is 1. The number of nitrogens with two attached hydrogens (primary N) is 1. The van der Waals surface area contributed by atoms with Crippen LogP contribution in [0, 0.1) is 11.3 Å². The summed E-state index contributed by atoms with van der Waals surface area (Å²) >= 11 is 0. The predicted octanol–water partition coefficient (Wildman–Crippen LogP) is 1.54. The van der Waals surface area contributed by atoms with Gasteiger partial charge in [0, 0.05) is 26.3 Å². The minimum absolute atomic E-state index is 0.0476. The fourth-order valence-electron chi connectivity index (χ4n) is 1.31. The van der Waals surface area contributed by atoms with Gasteiger partial charge < -0.3 is 15.8 Å². The van der Waals surface area contributed by atoms with Crippen LogP contribution in [0.2, 0.25) is 0 Å². The Morgan fingerprint density at radius 2 is 2.12 bits per heavy atom. The van der Waals surface area contributed by atoms with Gasteiger partial charge in [-0.2, -0.15) is 0 Å². The molecule has 0 bridgehead atoms. The number of carbonyl (C=O) groups is 1. The van der Waals surface area contributed by atoms with E-state index in [0.717, 1.165) is 19.4 Å². The highest BCUT2D eigenvalue weighted by atomic mass is 16.5. The Kier molecular flexibility index (Phi) is 8.17. The molecule has 4 heteroatoms. The van der Waals surface area contributed by atoms with Crippen molar-refractivity contribution in [1.29, 1.82) is 0 Å². The summed E-state index contributed by atoms with van der Waals surface area (Å²) in [4.78, 5) is 11.8. The fourth-order valence-corrected chi connectivity index (χ4v) is 1.31. The van der Waals surface area contributed by atoms with Crippen LogP contribution in [0.15, 0.2) is 0 Å². The lowest BCUT2D eigenvalue weighted by atomic mass is 9.87. The Morgan fingerprint density at radius 1 is 1.47 bits per heavy atom. The summed E-state index contributed by atoms with van der Waals surface area (Å²) in [5, 5.41) is 2.91. The van der Waals surface area contributed by atoms with Crippen molar-refractivity contribution in [2.75, 3.05) is 26.3 Å². The lowest BCUT2D eigenvalue weighted by Gasteiger charge is -2.24. The van der Waals surface area contributed by atoms with Crippen LogP contribution in [-0.4, -0.2) is 32.2 Å². The van der Waals surface area contributed by atoms with Crippen LogP contribution in [0.25, 0.3) is 0 Å². The normalized spacial score (nSPS) is 14.7. The minimum atomic E-state index is -0.432. The van der Waals surface area contributed by atoms with Crippen molar-refractivity contribution >= 4 is 5.91 Å². The van der Waals surface area contributed by atoms with E-state index < -0.39 is 5.41 Å². The molecule has 4 nitrogen and oxygen atoms in total. The van der Waals surface area contributed by atoms with Crippen molar-refractivity contribution in [3.05, 3.63) is 0 Å².